The molecule has 2 aromatic heterocycles. The van der Waals surface area contributed by atoms with E-state index in [4.69, 9.17) is 9.47 Å². The first-order valence-electron chi connectivity index (χ1n) is 22.1. The quantitative estimate of drug-likeness (QED) is 0.0531. The number of nitrogens with zero attached hydrogens (tertiary/aromatic N) is 8. The highest BCUT2D eigenvalue weighted by atomic mass is 16.5. The van der Waals surface area contributed by atoms with Crippen molar-refractivity contribution < 1.29 is 9.47 Å². The van der Waals surface area contributed by atoms with Crippen LogP contribution in [0.1, 0.15) is 142 Å². The van der Waals surface area contributed by atoms with Gasteiger partial charge in [0.15, 0.2) is 0 Å². The van der Waals surface area contributed by atoms with E-state index in [1.54, 1.807) is 0 Å². The Morgan fingerprint density at radius 3 is 1.17 bits per heavy atom. The van der Waals surface area contributed by atoms with Crippen molar-refractivity contribution in [3.63, 3.8) is 0 Å². The second-order valence-electron chi connectivity index (χ2n) is 15.1. The molecule has 0 spiro atoms. The molecule has 12 nitrogen and oxygen atoms in total. The summed E-state index contributed by atoms with van der Waals surface area (Å²) in [5.74, 6) is 5.73. The van der Waals surface area contributed by atoms with E-state index in [1.807, 2.05) is 62.4 Å². The van der Waals surface area contributed by atoms with Gasteiger partial charge in [0.05, 0.1) is 13.2 Å². The lowest BCUT2D eigenvalue weighted by Gasteiger charge is -2.21. The van der Waals surface area contributed by atoms with Crippen LogP contribution in [-0.4, -0.2) is 70.3 Å². The summed E-state index contributed by atoms with van der Waals surface area (Å²) in [6.45, 7) is 16.2. The molecule has 4 rings (SSSR count). The molecular formula is C46H74N10O2. The number of unbranched alkanes of at least 4 members (excludes halogenated alkanes) is 12. The van der Waals surface area contributed by atoms with Gasteiger partial charge in [-0.25, -0.2) is 0 Å². The minimum absolute atomic E-state index is 0.486. The van der Waals surface area contributed by atoms with E-state index in [0.717, 1.165) is 79.7 Å². The molecule has 0 amide bonds. The van der Waals surface area contributed by atoms with E-state index in [0.29, 0.717) is 17.7 Å². The molecule has 2 heterocycles. The summed E-state index contributed by atoms with van der Waals surface area (Å²) in [5, 5.41) is 6.50. The second-order valence-corrected chi connectivity index (χ2v) is 15.1. The van der Waals surface area contributed by atoms with Crippen LogP contribution in [0.15, 0.2) is 48.5 Å². The minimum atomic E-state index is 0.486. The number of rotatable bonds is 28. The number of nitrogens with one attached hydrogen (secondary N) is 2. The van der Waals surface area contributed by atoms with E-state index in [-0.39, 0.29) is 0 Å². The number of ether oxygens (including phenoxy) is 2. The van der Waals surface area contributed by atoms with Crippen LogP contribution >= 0.6 is 0 Å². The SMILES string of the molecule is CCCCCCN(C)c1nc(C)nc(N(C)CCCCCC)n1.CCCCCCOc1ccc(Nc2nc(C)nc(Nc3ccc(OCCCCCC)cc3)n2)cc1. The smallest absolute Gasteiger partial charge is 0.232 e. The summed E-state index contributed by atoms with van der Waals surface area (Å²) in [4.78, 5) is 31.3. The molecule has 0 aliphatic rings. The zero-order chi connectivity index (χ0) is 41.8. The van der Waals surface area contributed by atoms with Crippen molar-refractivity contribution in [3.05, 3.63) is 60.2 Å². The summed E-state index contributed by atoms with van der Waals surface area (Å²) in [5.41, 5.74) is 1.78. The van der Waals surface area contributed by atoms with Crippen LogP contribution in [0.25, 0.3) is 0 Å². The lowest BCUT2D eigenvalue weighted by Crippen LogP contribution is -2.26. The second kappa shape index (κ2) is 28.6. The normalized spacial score (nSPS) is 10.8. The fourth-order valence-corrected chi connectivity index (χ4v) is 6.11. The number of aryl methyl sites for hydroxylation is 2. The molecule has 2 aromatic carbocycles. The third-order valence-corrected chi connectivity index (χ3v) is 9.60. The van der Waals surface area contributed by atoms with Crippen molar-refractivity contribution in [2.24, 2.45) is 0 Å². The lowest BCUT2D eigenvalue weighted by atomic mass is 10.2. The summed E-state index contributed by atoms with van der Waals surface area (Å²) >= 11 is 0. The van der Waals surface area contributed by atoms with Crippen LogP contribution < -0.4 is 29.9 Å². The molecule has 0 fully saturated rings. The average molecular weight is 799 g/mol. The monoisotopic (exact) mass is 799 g/mol. The van der Waals surface area contributed by atoms with E-state index in [2.05, 4.69) is 92.1 Å². The van der Waals surface area contributed by atoms with Gasteiger partial charge >= 0.3 is 0 Å². The Kier molecular flexibility index (Phi) is 23.5. The van der Waals surface area contributed by atoms with Gasteiger partial charge in [-0.2, -0.15) is 29.9 Å². The Balaban J connectivity index is 0.000000340. The van der Waals surface area contributed by atoms with Gasteiger partial charge in [-0.05, 0) is 88.1 Å². The molecule has 4 aromatic rings. The molecule has 0 atom stereocenters. The molecule has 2 N–H and O–H groups in total. The highest BCUT2D eigenvalue weighted by molar-refractivity contribution is 5.58. The van der Waals surface area contributed by atoms with Gasteiger partial charge in [0.2, 0.25) is 23.8 Å². The van der Waals surface area contributed by atoms with E-state index < -0.39 is 0 Å². The first-order chi connectivity index (χ1) is 28.2. The Hall–Kier alpha value is -4.74. The van der Waals surface area contributed by atoms with Gasteiger partial charge in [0, 0.05) is 38.6 Å². The minimum Gasteiger partial charge on any atom is -0.494 e. The first-order valence-corrected chi connectivity index (χ1v) is 22.1. The number of hydrogen-bond acceptors (Lipinski definition) is 12. The van der Waals surface area contributed by atoms with E-state index in [1.165, 1.54) is 89.9 Å². The maximum atomic E-state index is 5.82. The fraction of sp³-hybridized carbons (Fsp3) is 0.609. The molecule has 0 aliphatic heterocycles. The third-order valence-electron chi connectivity index (χ3n) is 9.60. The van der Waals surface area contributed by atoms with Crippen molar-refractivity contribution in [2.75, 3.05) is 60.8 Å². The van der Waals surface area contributed by atoms with Crippen molar-refractivity contribution in [1.82, 2.24) is 29.9 Å². The van der Waals surface area contributed by atoms with Crippen LogP contribution in [0.4, 0.5) is 35.2 Å². The Morgan fingerprint density at radius 2 is 0.793 bits per heavy atom. The Morgan fingerprint density at radius 1 is 0.431 bits per heavy atom. The molecule has 0 aliphatic carbocycles. The van der Waals surface area contributed by atoms with Gasteiger partial charge in [-0.3, -0.25) is 0 Å². The Labute approximate surface area is 350 Å². The molecule has 320 valence electrons. The molecule has 0 saturated carbocycles. The first kappa shape index (κ1) is 47.6. The molecule has 0 radical (unpaired) electrons. The van der Waals surface area contributed by atoms with Crippen LogP contribution in [0, 0.1) is 13.8 Å². The maximum absolute atomic E-state index is 5.82. The topological polar surface area (TPSA) is 126 Å². The van der Waals surface area contributed by atoms with Gasteiger partial charge < -0.3 is 29.9 Å². The fourth-order valence-electron chi connectivity index (χ4n) is 6.11. The molecule has 12 heteroatoms. The predicted molar refractivity (Wildman–Crippen MR) is 243 cm³/mol. The zero-order valence-corrected chi connectivity index (χ0v) is 37.2. The van der Waals surface area contributed by atoms with E-state index in [9.17, 15) is 0 Å². The zero-order valence-electron chi connectivity index (χ0n) is 37.2. The number of aromatic nitrogens is 6. The lowest BCUT2D eigenvalue weighted by molar-refractivity contribution is 0.305. The molecule has 0 bridgehead atoms. The van der Waals surface area contributed by atoms with Crippen LogP contribution in [0.3, 0.4) is 0 Å². The predicted octanol–water partition coefficient (Wildman–Crippen LogP) is 11.8. The standard InChI is InChI=1S/C28H39N5O2.C18H35N5/c1-4-6-8-10-20-34-25-16-12-23(13-17-25)31-27-29-22(3)30-28(33-27)32-24-14-18-26(19-15-24)35-21-11-9-7-5-2;1-6-8-10-12-14-22(4)17-19-16(3)20-18(21-17)23(5)15-13-11-9-7-2/h12-19H,4-11,20-21H2,1-3H3,(H2,29,30,31,32,33);6-15H2,1-5H3. The molecular weight excluding hydrogens is 725 g/mol. The van der Waals surface area contributed by atoms with Crippen molar-refractivity contribution >= 4 is 35.2 Å². The number of benzene rings is 2. The van der Waals surface area contributed by atoms with Crippen molar-refractivity contribution in [2.45, 2.75) is 144 Å². The van der Waals surface area contributed by atoms with Crippen LogP contribution in [0.2, 0.25) is 0 Å². The van der Waals surface area contributed by atoms with Gasteiger partial charge in [0.1, 0.15) is 23.1 Å². The summed E-state index contributed by atoms with van der Waals surface area (Å²) in [6.07, 6.45) is 19.6. The van der Waals surface area contributed by atoms with Gasteiger partial charge in [-0.15, -0.1) is 0 Å². The highest BCUT2D eigenvalue weighted by Crippen LogP contribution is 2.22. The highest BCUT2D eigenvalue weighted by Gasteiger charge is 2.12. The van der Waals surface area contributed by atoms with Crippen molar-refractivity contribution in [1.29, 1.82) is 0 Å². The number of anilines is 6. The Bertz CT molecular complexity index is 1540. The average Bonchev–Trinajstić information content (AvgIpc) is 3.22. The van der Waals surface area contributed by atoms with Crippen molar-refractivity contribution in [3.8, 4) is 11.5 Å². The molecule has 0 saturated heterocycles. The third kappa shape index (κ3) is 19.6. The van der Waals surface area contributed by atoms with Crippen LogP contribution in [-0.2, 0) is 0 Å². The molecule has 0 unspecified atom stereocenters. The van der Waals surface area contributed by atoms with Gasteiger partial charge in [0.25, 0.3) is 0 Å². The largest absolute Gasteiger partial charge is 0.494 e. The molecule has 58 heavy (non-hydrogen) atoms. The summed E-state index contributed by atoms with van der Waals surface area (Å²) < 4.78 is 11.6. The van der Waals surface area contributed by atoms with Gasteiger partial charge in [-0.1, -0.05) is 105 Å². The number of hydrogen-bond donors (Lipinski definition) is 2. The summed E-state index contributed by atoms with van der Waals surface area (Å²) in [6, 6.07) is 15.7. The maximum Gasteiger partial charge on any atom is 0.232 e. The van der Waals surface area contributed by atoms with E-state index >= 15 is 0 Å². The van der Waals surface area contributed by atoms with Crippen LogP contribution in [0.5, 0.6) is 11.5 Å². The summed E-state index contributed by atoms with van der Waals surface area (Å²) in [7, 11) is 4.15.